The Morgan fingerprint density at radius 3 is 2.60 bits per heavy atom. The molecule has 3 aromatic rings. The normalized spacial score (nSPS) is 12.7. The van der Waals surface area contributed by atoms with Crippen LogP contribution in [0, 0.1) is 0 Å². The molecule has 0 aliphatic carbocycles. The number of hydrogen-bond acceptors (Lipinski definition) is 6. The van der Waals surface area contributed by atoms with E-state index in [4.69, 9.17) is 14.2 Å². The molecule has 30 heavy (non-hydrogen) atoms. The van der Waals surface area contributed by atoms with E-state index in [1.54, 1.807) is 32.4 Å². The molecule has 2 heterocycles. The zero-order chi connectivity index (χ0) is 20.9. The fourth-order valence-corrected chi connectivity index (χ4v) is 3.47. The van der Waals surface area contributed by atoms with Crippen molar-refractivity contribution in [2.24, 2.45) is 0 Å². The highest BCUT2D eigenvalue weighted by Gasteiger charge is 2.17. The molecule has 1 aliphatic rings. The van der Waals surface area contributed by atoms with Gasteiger partial charge in [0, 0.05) is 24.6 Å². The van der Waals surface area contributed by atoms with Crippen molar-refractivity contribution in [2.75, 3.05) is 26.1 Å². The van der Waals surface area contributed by atoms with Crippen LogP contribution in [0.3, 0.4) is 0 Å². The number of nitrogens with zero attached hydrogens (tertiary/aromatic N) is 3. The Balaban J connectivity index is 1.38. The Kier molecular flexibility index (Phi) is 5.83. The van der Waals surface area contributed by atoms with Crippen LogP contribution in [0.1, 0.15) is 18.7 Å². The predicted octanol–water partition coefficient (Wildman–Crippen LogP) is 3.32. The number of benzene rings is 2. The van der Waals surface area contributed by atoms with Crippen molar-refractivity contribution in [2.45, 2.75) is 25.8 Å². The van der Waals surface area contributed by atoms with Gasteiger partial charge in [0.2, 0.25) is 0 Å². The molecule has 2 aromatic carbocycles. The van der Waals surface area contributed by atoms with Crippen LogP contribution in [-0.2, 0) is 17.8 Å². The number of fused-ring (bicyclic) bond motifs is 1. The molecule has 0 fully saturated rings. The molecule has 0 saturated heterocycles. The predicted molar refractivity (Wildman–Crippen MR) is 112 cm³/mol. The largest absolute Gasteiger partial charge is 0.497 e. The molecule has 0 saturated carbocycles. The molecule has 4 rings (SSSR count). The summed E-state index contributed by atoms with van der Waals surface area (Å²) < 4.78 is 18.3. The van der Waals surface area contributed by atoms with Gasteiger partial charge in [-0.1, -0.05) is 0 Å². The summed E-state index contributed by atoms with van der Waals surface area (Å²) in [7, 11) is 3.11. The van der Waals surface area contributed by atoms with Crippen molar-refractivity contribution in [3.8, 4) is 28.6 Å². The molecule has 0 bridgehead atoms. The number of carbonyl (C=O) groups excluding carboxylic acids is 1. The van der Waals surface area contributed by atoms with Crippen LogP contribution < -0.4 is 19.5 Å². The minimum Gasteiger partial charge on any atom is -0.497 e. The van der Waals surface area contributed by atoms with Crippen LogP contribution in [0.2, 0.25) is 0 Å². The van der Waals surface area contributed by atoms with E-state index in [2.05, 4.69) is 20.1 Å². The summed E-state index contributed by atoms with van der Waals surface area (Å²) in [6.07, 6.45) is 3.28. The van der Waals surface area contributed by atoms with E-state index in [9.17, 15) is 4.79 Å². The highest BCUT2D eigenvalue weighted by molar-refractivity contribution is 5.93. The molecule has 1 amide bonds. The summed E-state index contributed by atoms with van der Waals surface area (Å²) in [6, 6.07) is 12.7. The van der Waals surface area contributed by atoms with Gasteiger partial charge >= 0.3 is 0 Å². The van der Waals surface area contributed by atoms with Crippen molar-refractivity contribution in [1.82, 2.24) is 14.8 Å². The summed E-state index contributed by atoms with van der Waals surface area (Å²) in [5, 5.41) is 11.4. The maximum absolute atomic E-state index is 12.3. The first-order chi connectivity index (χ1) is 14.7. The number of amides is 1. The zero-order valence-corrected chi connectivity index (χ0v) is 17.1. The monoisotopic (exact) mass is 408 g/mol. The standard InChI is InChI=1S/C22H24N4O4/c1-28-17-10-11-19(29-2)18(13-17)23-21(27)14-30-16-8-6-15(7-9-16)22-25-24-20-5-3-4-12-26(20)22/h6-11,13H,3-5,12,14H2,1-2H3,(H,23,27). The van der Waals surface area contributed by atoms with Crippen LogP contribution in [0.25, 0.3) is 11.4 Å². The smallest absolute Gasteiger partial charge is 0.262 e. The van der Waals surface area contributed by atoms with E-state index in [1.807, 2.05) is 24.3 Å². The molecule has 0 atom stereocenters. The van der Waals surface area contributed by atoms with Gasteiger partial charge in [0.05, 0.1) is 19.9 Å². The average Bonchev–Trinajstić information content (AvgIpc) is 3.22. The van der Waals surface area contributed by atoms with Crippen LogP contribution in [0.5, 0.6) is 17.2 Å². The summed E-state index contributed by atoms with van der Waals surface area (Å²) in [6.45, 7) is 0.823. The Bertz CT molecular complexity index is 1030. The fourth-order valence-electron chi connectivity index (χ4n) is 3.47. The lowest BCUT2D eigenvalue weighted by atomic mass is 10.1. The first-order valence-electron chi connectivity index (χ1n) is 9.85. The molecule has 8 heteroatoms. The second kappa shape index (κ2) is 8.86. The number of carbonyl (C=O) groups is 1. The average molecular weight is 408 g/mol. The van der Waals surface area contributed by atoms with Crippen molar-refractivity contribution >= 4 is 11.6 Å². The number of anilines is 1. The zero-order valence-electron chi connectivity index (χ0n) is 17.1. The molecule has 8 nitrogen and oxygen atoms in total. The fraction of sp³-hybridized carbons (Fsp3) is 0.318. The number of nitrogens with one attached hydrogen (secondary N) is 1. The first kappa shape index (κ1) is 19.8. The van der Waals surface area contributed by atoms with Crippen LogP contribution in [0.15, 0.2) is 42.5 Å². The third-order valence-corrected chi connectivity index (χ3v) is 5.02. The Morgan fingerprint density at radius 1 is 1.03 bits per heavy atom. The molecule has 1 aliphatic heterocycles. The molecule has 0 spiro atoms. The maximum atomic E-state index is 12.3. The molecule has 0 unspecified atom stereocenters. The quantitative estimate of drug-likeness (QED) is 0.645. The lowest BCUT2D eigenvalue weighted by molar-refractivity contribution is -0.118. The number of aromatic nitrogens is 3. The lowest BCUT2D eigenvalue weighted by Crippen LogP contribution is -2.20. The summed E-state index contributed by atoms with van der Waals surface area (Å²) in [4.78, 5) is 12.3. The molecule has 1 aromatic heterocycles. The Hall–Kier alpha value is -3.55. The van der Waals surface area contributed by atoms with Gasteiger partial charge < -0.3 is 24.1 Å². The van der Waals surface area contributed by atoms with E-state index < -0.39 is 0 Å². The van der Waals surface area contributed by atoms with Gasteiger partial charge in [-0.2, -0.15) is 0 Å². The van der Waals surface area contributed by atoms with Gasteiger partial charge in [0.25, 0.3) is 5.91 Å². The molecular weight excluding hydrogens is 384 g/mol. The second-order valence-corrected chi connectivity index (χ2v) is 6.98. The summed E-state index contributed by atoms with van der Waals surface area (Å²) in [5.41, 5.74) is 1.51. The van der Waals surface area contributed by atoms with Crippen LogP contribution in [0.4, 0.5) is 5.69 Å². The highest BCUT2D eigenvalue weighted by atomic mass is 16.5. The number of methoxy groups -OCH3 is 2. The Labute approximate surface area is 174 Å². The van der Waals surface area contributed by atoms with Crippen LogP contribution >= 0.6 is 0 Å². The third kappa shape index (κ3) is 4.22. The van der Waals surface area contributed by atoms with Gasteiger partial charge in [-0.25, -0.2) is 0 Å². The Morgan fingerprint density at radius 2 is 1.83 bits per heavy atom. The lowest BCUT2D eigenvalue weighted by Gasteiger charge is -2.15. The van der Waals surface area contributed by atoms with Gasteiger partial charge in [-0.15, -0.1) is 10.2 Å². The number of aryl methyl sites for hydroxylation is 1. The van der Waals surface area contributed by atoms with E-state index >= 15 is 0 Å². The molecule has 0 radical (unpaired) electrons. The van der Waals surface area contributed by atoms with Crippen molar-refractivity contribution in [3.05, 3.63) is 48.3 Å². The number of rotatable bonds is 7. The minimum atomic E-state index is -0.294. The molecular formula is C22H24N4O4. The van der Waals surface area contributed by atoms with Gasteiger partial charge in [0.15, 0.2) is 12.4 Å². The summed E-state index contributed by atoms with van der Waals surface area (Å²) >= 11 is 0. The topological polar surface area (TPSA) is 87.5 Å². The summed E-state index contributed by atoms with van der Waals surface area (Å²) in [5.74, 6) is 3.39. The number of hydrogen-bond donors (Lipinski definition) is 1. The van der Waals surface area contributed by atoms with Crippen molar-refractivity contribution in [1.29, 1.82) is 0 Å². The molecule has 156 valence electrons. The second-order valence-electron chi connectivity index (χ2n) is 6.98. The van der Waals surface area contributed by atoms with Gasteiger partial charge in [0.1, 0.15) is 23.1 Å². The number of ether oxygens (including phenoxy) is 3. The van der Waals surface area contributed by atoms with Gasteiger partial charge in [-0.3, -0.25) is 4.79 Å². The van der Waals surface area contributed by atoms with E-state index in [0.717, 1.165) is 43.0 Å². The minimum absolute atomic E-state index is 0.125. The van der Waals surface area contributed by atoms with Crippen LogP contribution in [-0.4, -0.2) is 41.5 Å². The maximum Gasteiger partial charge on any atom is 0.262 e. The molecule has 1 N–H and O–H groups in total. The highest BCUT2D eigenvalue weighted by Crippen LogP contribution is 2.29. The van der Waals surface area contributed by atoms with E-state index in [0.29, 0.717) is 22.9 Å². The SMILES string of the molecule is COc1ccc(OC)c(NC(=O)COc2ccc(-c3nnc4n3CCCC4)cc2)c1. The van der Waals surface area contributed by atoms with Crippen molar-refractivity contribution in [3.63, 3.8) is 0 Å². The van der Waals surface area contributed by atoms with Crippen molar-refractivity contribution < 1.29 is 19.0 Å². The third-order valence-electron chi connectivity index (χ3n) is 5.02. The van der Waals surface area contributed by atoms with E-state index in [1.165, 1.54) is 0 Å². The van der Waals surface area contributed by atoms with E-state index in [-0.39, 0.29) is 12.5 Å². The first-order valence-corrected chi connectivity index (χ1v) is 9.85. The van der Waals surface area contributed by atoms with Gasteiger partial charge in [-0.05, 0) is 49.2 Å².